The summed E-state index contributed by atoms with van der Waals surface area (Å²) in [6.45, 7) is 2.20. The Morgan fingerprint density at radius 1 is 0.794 bits per heavy atom. The highest BCUT2D eigenvalue weighted by Gasteiger charge is 2.20. The lowest BCUT2D eigenvalue weighted by Gasteiger charge is -2.11. The minimum atomic E-state index is -3.68. The average molecular weight is 492 g/mol. The van der Waals surface area contributed by atoms with Crippen molar-refractivity contribution in [3.8, 4) is 23.0 Å². The molecule has 0 saturated heterocycles. The van der Waals surface area contributed by atoms with E-state index in [4.69, 9.17) is 18.9 Å². The van der Waals surface area contributed by atoms with Crippen molar-refractivity contribution in [2.75, 3.05) is 44.8 Å². The fourth-order valence-electron chi connectivity index (χ4n) is 3.14. The molecular formula is C22H29N5O6S. The molecule has 2 aromatic carbocycles. The third kappa shape index (κ3) is 5.63. The number of benzene rings is 2. The molecule has 34 heavy (non-hydrogen) atoms. The van der Waals surface area contributed by atoms with E-state index in [1.165, 1.54) is 0 Å². The van der Waals surface area contributed by atoms with Gasteiger partial charge in [0, 0.05) is 13.1 Å². The highest BCUT2D eigenvalue weighted by atomic mass is 32.2. The number of ether oxygens (including phenoxy) is 4. The number of hydrogen-bond donors (Lipinski definition) is 2. The number of anilines is 2. The Hall–Kier alpha value is -3.67. The van der Waals surface area contributed by atoms with Crippen LogP contribution in [0.2, 0.25) is 0 Å². The van der Waals surface area contributed by atoms with Crippen LogP contribution >= 0.6 is 0 Å². The lowest BCUT2D eigenvalue weighted by Crippen LogP contribution is -2.19. The fraction of sp³-hybridized carbons (Fsp3) is 0.364. The van der Waals surface area contributed by atoms with Gasteiger partial charge in [-0.15, -0.1) is 9.19 Å². The van der Waals surface area contributed by atoms with Gasteiger partial charge in [-0.05, 0) is 42.3 Å². The summed E-state index contributed by atoms with van der Waals surface area (Å²) in [5.74, 6) is 2.52. The van der Waals surface area contributed by atoms with Crippen molar-refractivity contribution in [2.24, 2.45) is 0 Å². The van der Waals surface area contributed by atoms with Gasteiger partial charge >= 0.3 is 0 Å². The van der Waals surface area contributed by atoms with Gasteiger partial charge in [0.2, 0.25) is 11.9 Å². The lowest BCUT2D eigenvalue weighted by atomic mass is 10.2. The molecule has 2 N–H and O–H groups in total. The molecule has 0 radical (unpaired) electrons. The number of nitrogens with zero attached hydrogens (tertiary/aromatic N) is 3. The second kappa shape index (κ2) is 11.0. The molecular weight excluding hydrogens is 462 g/mol. The zero-order valence-corrected chi connectivity index (χ0v) is 20.6. The molecule has 11 nitrogen and oxygen atoms in total. The Morgan fingerprint density at radius 3 is 1.76 bits per heavy atom. The minimum absolute atomic E-state index is 0.103. The Bertz CT molecular complexity index is 1230. The highest BCUT2D eigenvalue weighted by molar-refractivity contribution is 7.89. The number of hydrogen-bond acceptors (Lipinski definition) is 10. The molecule has 0 fully saturated rings. The van der Waals surface area contributed by atoms with Crippen molar-refractivity contribution in [3.05, 3.63) is 47.5 Å². The Kier molecular flexibility index (Phi) is 8.05. The van der Waals surface area contributed by atoms with E-state index in [9.17, 15) is 8.42 Å². The van der Waals surface area contributed by atoms with Gasteiger partial charge < -0.3 is 29.6 Å². The summed E-state index contributed by atoms with van der Waals surface area (Å²) in [4.78, 5) is 4.35. The number of nitrogens with one attached hydrogen (secondary N) is 2. The van der Waals surface area contributed by atoms with Crippen LogP contribution in [-0.2, 0) is 23.1 Å². The molecule has 0 saturated carbocycles. The standard InChI is InChI=1S/C22H29N5O6S/c1-6-34(28,29)27-22(24-14-16-8-10-18(31-3)20(12-16)33-5)25-21(26-27)23-13-15-7-9-17(30-2)19(11-15)32-4/h7-12H,6,13-14H2,1-5H3,(H2,23,24,25,26). The second-order valence-electron chi connectivity index (χ2n) is 7.09. The summed E-state index contributed by atoms with van der Waals surface area (Å²) in [6.07, 6.45) is 0. The number of aromatic nitrogens is 3. The predicted molar refractivity (Wildman–Crippen MR) is 129 cm³/mol. The van der Waals surface area contributed by atoms with E-state index in [-0.39, 0.29) is 17.6 Å². The van der Waals surface area contributed by atoms with Gasteiger partial charge in [0.1, 0.15) is 0 Å². The van der Waals surface area contributed by atoms with E-state index in [1.54, 1.807) is 53.6 Å². The van der Waals surface area contributed by atoms with Crippen LogP contribution in [-0.4, -0.2) is 56.8 Å². The van der Waals surface area contributed by atoms with E-state index in [1.807, 2.05) is 18.2 Å². The van der Waals surface area contributed by atoms with Crippen molar-refractivity contribution in [2.45, 2.75) is 20.0 Å². The van der Waals surface area contributed by atoms with Gasteiger partial charge in [-0.2, -0.15) is 4.98 Å². The first kappa shape index (κ1) is 25.0. The Labute approximate surface area is 199 Å². The van der Waals surface area contributed by atoms with Gasteiger partial charge in [0.25, 0.3) is 10.0 Å². The van der Waals surface area contributed by atoms with Crippen LogP contribution in [0.15, 0.2) is 36.4 Å². The SMILES string of the molecule is CCS(=O)(=O)n1nc(NCc2ccc(OC)c(OC)c2)nc1NCc1ccc(OC)c(OC)c1. The van der Waals surface area contributed by atoms with Crippen molar-refractivity contribution in [1.82, 2.24) is 14.2 Å². The normalized spacial score (nSPS) is 11.1. The van der Waals surface area contributed by atoms with Crippen molar-refractivity contribution in [1.29, 1.82) is 0 Å². The first-order valence-electron chi connectivity index (χ1n) is 10.4. The first-order valence-corrected chi connectivity index (χ1v) is 12.1. The topological polar surface area (TPSA) is 126 Å². The smallest absolute Gasteiger partial charge is 0.256 e. The maximum Gasteiger partial charge on any atom is 0.256 e. The Balaban J connectivity index is 1.79. The quantitative estimate of drug-likeness (QED) is 0.390. The largest absolute Gasteiger partial charge is 0.493 e. The molecule has 0 aliphatic carbocycles. The molecule has 0 aliphatic heterocycles. The molecule has 0 amide bonds. The second-order valence-corrected chi connectivity index (χ2v) is 9.18. The molecule has 184 valence electrons. The molecule has 3 aromatic rings. The van der Waals surface area contributed by atoms with Crippen LogP contribution in [0.3, 0.4) is 0 Å². The summed E-state index contributed by atoms with van der Waals surface area (Å²) in [7, 11) is 2.56. The third-order valence-corrected chi connectivity index (χ3v) is 6.52. The maximum atomic E-state index is 12.6. The third-order valence-electron chi connectivity index (χ3n) is 5.00. The molecule has 0 aliphatic rings. The number of methoxy groups -OCH3 is 4. The molecule has 1 aromatic heterocycles. The molecule has 0 atom stereocenters. The van der Waals surface area contributed by atoms with Gasteiger partial charge in [-0.1, -0.05) is 12.1 Å². The summed E-state index contributed by atoms with van der Waals surface area (Å²) in [5.41, 5.74) is 1.73. The van der Waals surface area contributed by atoms with E-state index in [0.717, 1.165) is 15.2 Å². The molecule has 0 spiro atoms. The monoisotopic (exact) mass is 491 g/mol. The van der Waals surface area contributed by atoms with Crippen molar-refractivity contribution >= 4 is 21.9 Å². The first-order chi connectivity index (χ1) is 16.3. The molecule has 0 unspecified atom stereocenters. The maximum absolute atomic E-state index is 12.6. The van der Waals surface area contributed by atoms with E-state index >= 15 is 0 Å². The van der Waals surface area contributed by atoms with Gasteiger partial charge in [-0.3, -0.25) is 0 Å². The average Bonchev–Trinajstić information content (AvgIpc) is 3.29. The van der Waals surface area contributed by atoms with Crippen LogP contribution in [0.4, 0.5) is 11.9 Å². The number of rotatable bonds is 12. The van der Waals surface area contributed by atoms with Gasteiger partial charge in [-0.25, -0.2) is 8.42 Å². The fourth-order valence-corrected chi connectivity index (χ4v) is 3.96. The van der Waals surface area contributed by atoms with Crippen LogP contribution in [0.25, 0.3) is 0 Å². The van der Waals surface area contributed by atoms with Gasteiger partial charge in [0.05, 0.1) is 34.2 Å². The summed E-state index contributed by atoms with van der Waals surface area (Å²) < 4.78 is 47.2. The van der Waals surface area contributed by atoms with E-state index in [0.29, 0.717) is 36.1 Å². The van der Waals surface area contributed by atoms with E-state index < -0.39 is 10.0 Å². The minimum Gasteiger partial charge on any atom is -0.493 e. The highest BCUT2D eigenvalue weighted by Crippen LogP contribution is 2.29. The van der Waals surface area contributed by atoms with Crippen molar-refractivity contribution < 1.29 is 27.4 Å². The Morgan fingerprint density at radius 2 is 1.29 bits per heavy atom. The van der Waals surface area contributed by atoms with E-state index in [2.05, 4.69) is 20.7 Å². The zero-order chi connectivity index (χ0) is 24.7. The molecule has 3 rings (SSSR count). The van der Waals surface area contributed by atoms with Crippen LogP contribution in [0.1, 0.15) is 18.1 Å². The van der Waals surface area contributed by atoms with Crippen LogP contribution in [0.5, 0.6) is 23.0 Å². The van der Waals surface area contributed by atoms with Crippen LogP contribution in [0, 0.1) is 0 Å². The van der Waals surface area contributed by atoms with Crippen LogP contribution < -0.4 is 29.6 Å². The molecule has 0 bridgehead atoms. The van der Waals surface area contributed by atoms with Gasteiger partial charge in [0.15, 0.2) is 23.0 Å². The summed E-state index contributed by atoms with van der Waals surface area (Å²) in [6, 6.07) is 10.9. The molecule has 1 heterocycles. The predicted octanol–water partition coefficient (Wildman–Crippen LogP) is 2.73. The lowest BCUT2D eigenvalue weighted by molar-refractivity contribution is 0.354. The molecule has 12 heteroatoms. The summed E-state index contributed by atoms with van der Waals surface area (Å²) >= 11 is 0. The zero-order valence-electron chi connectivity index (χ0n) is 19.8. The van der Waals surface area contributed by atoms with Crippen molar-refractivity contribution in [3.63, 3.8) is 0 Å². The summed E-state index contributed by atoms with van der Waals surface area (Å²) in [5, 5.41) is 10.3.